The van der Waals surface area contributed by atoms with Crippen LogP contribution in [0, 0.1) is 0 Å². The molecule has 2 atom stereocenters. The van der Waals surface area contributed by atoms with Gasteiger partial charge in [0.15, 0.2) is 6.10 Å². The lowest BCUT2D eigenvalue weighted by Crippen LogP contribution is -2.43. The molecule has 0 spiro atoms. The Hall–Kier alpha value is -3.29. The average Bonchev–Trinajstić information content (AvgIpc) is 2.90. The lowest BCUT2D eigenvalue weighted by molar-refractivity contribution is -0.163. The lowest BCUT2D eigenvalue weighted by atomic mass is 10.1. The molecule has 0 unspecified atom stereocenters. The van der Waals surface area contributed by atoms with Crippen LogP contribution >= 0.6 is 0 Å². The highest BCUT2D eigenvalue weighted by atomic mass is 19.3. The van der Waals surface area contributed by atoms with Gasteiger partial charge < -0.3 is 14.2 Å². The van der Waals surface area contributed by atoms with E-state index in [-0.39, 0.29) is 11.1 Å². The molecule has 0 N–H and O–H groups in total. The average molecular weight is 376 g/mol. The molecule has 2 aromatic carbocycles. The van der Waals surface area contributed by atoms with Crippen molar-refractivity contribution in [3.05, 3.63) is 71.8 Å². The number of esters is 3. The lowest BCUT2D eigenvalue weighted by Gasteiger charge is -2.20. The minimum atomic E-state index is -4.05. The van der Waals surface area contributed by atoms with Gasteiger partial charge in [-0.2, -0.15) is 8.78 Å². The predicted molar refractivity (Wildman–Crippen MR) is 87.2 cm³/mol. The van der Waals surface area contributed by atoms with E-state index in [1.807, 2.05) is 0 Å². The maximum atomic E-state index is 14.1. The third kappa shape index (κ3) is 3.94. The normalized spacial score (nSPS) is 20.6. The topological polar surface area (TPSA) is 78.9 Å². The quantitative estimate of drug-likeness (QED) is 0.590. The van der Waals surface area contributed by atoms with Gasteiger partial charge in [-0.1, -0.05) is 36.4 Å². The van der Waals surface area contributed by atoms with Crippen molar-refractivity contribution in [3.63, 3.8) is 0 Å². The first kappa shape index (κ1) is 18.5. The Labute approximate surface area is 152 Å². The summed E-state index contributed by atoms with van der Waals surface area (Å²) in [6.07, 6.45) is -3.82. The maximum Gasteiger partial charge on any atom is 0.382 e. The highest BCUT2D eigenvalue weighted by Crippen LogP contribution is 2.34. The molecule has 6 nitrogen and oxygen atoms in total. The molecule has 3 rings (SSSR count). The fraction of sp³-hybridized carbons (Fsp3) is 0.211. The summed E-state index contributed by atoms with van der Waals surface area (Å²) in [5.74, 6) is -7.71. The number of hydrogen-bond acceptors (Lipinski definition) is 6. The van der Waals surface area contributed by atoms with Crippen molar-refractivity contribution in [3.8, 4) is 0 Å². The molecule has 8 heteroatoms. The molecule has 0 amide bonds. The molecule has 1 aliphatic heterocycles. The van der Waals surface area contributed by atoms with Crippen molar-refractivity contribution in [2.45, 2.75) is 18.1 Å². The Morgan fingerprint density at radius 1 is 0.926 bits per heavy atom. The molecule has 1 fully saturated rings. The van der Waals surface area contributed by atoms with E-state index in [2.05, 4.69) is 4.74 Å². The molecule has 0 aliphatic carbocycles. The Bertz CT molecular complexity index is 838. The molecule has 0 bridgehead atoms. The van der Waals surface area contributed by atoms with E-state index >= 15 is 0 Å². The fourth-order valence-corrected chi connectivity index (χ4v) is 2.47. The largest absolute Gasteiger partial charge is 0.458 e. The summed E-state index contributed by atoms with van der Waals surface area (Å²) in [6.45, 7) is -0.679. The number of hydrogen-bond donors (Lipinski definition) is 0. The fourth-order valence-electron chi connectivity index (χ4n) is 2.47. The van der Waals surface area contributed by atoms with Gasteiger partial charge in [-0.15, -0.1) is 0 Å². The zero-order valence-electron chi connectivity index (χ0n) is 13.8. The summed E-state index contributed by atoms with van der Waals surface area (Å²) < 4.78 is 42.5. The number of benzene rings is 2. The summed E-state index contributed by atoms with van der Waals surface area (Å²) in [7, 11) is 0. The van der Waals surface area contributed by atoms with E-state index < -0.39 is 42.6 Å². The number of carbonyl (C=O) groups excluding carboxylic acids is 3. The SMILES string of the molecule is O=C(OC[C@@H]1OC(=O)C(F)(F)[C@H]1OC(=O)c1ccccc1)c1ccccc1. The minimum absolute atomic E-state index is 0.0349. The number of alkyl halides is 2. The van der Waals surface area contributed by atoms with Gasteiger partial charge in [-0.3, -0.25) is 0 Å². The summed E-state index contributed by atoms with van der Waals surface area (Å²) in [4.78, 5) is 35.5. The predicted octanol–water partition coefficient (Wildman–Crippen LogP) is 2.63. The summed E-state index contributed by atoms with van der Waals surface area (Å²) >= 11 is 0. The molecular formula is C19H14F2O6. The molecule has 1 aliphatic rings. The molecule has 140 valence electrons. The van der Waals surface area contributed by atoms with Gasteiger partial charge in [0.05, 0.1) is 11.1 Å². The number of cyclic esters (lactones) is 1. The van der Waals surface area contributed by atoms with Crippen LogP contribution in [0.4, 0.5) is 8.78 Å². The number of carbonyl (C=O) groups is 3. The van der Waals surface area contributed by atoms with Gasteiger partial charge in [-0.25, -0.2) is 14.4 Å². The van der Waals surface area contributed by atoms with Gasteiger partial charge >= 0.3 is 23.8 Å². The molecule has 1 saturated heterocycles. The Morgan fingerprint density at radius 3 is 2.00 bits per heavy atom. The van der Waals surface area contributed by atoms with Crippen LogP contribution in [-0.4, -0.2) is 42.6 Å². The van der Waals surface area contributed by atoms with E-state index in [0.717, 1.165) is 0 Å². The van der Waals surface area contributed by atoms with Gasteiger partial charge in [0.2, 0.25) is 6.10 Å². The van der Waals surface area contributed by atoms with Crippen molar-refractivity contribution >= 4 is 17.9 Å². The van der Waals surface area contributed by atoms with Crippen LogP contribution in [0.25, 0.3) is 0 Å². The first-order valence-electron chi connectivity index (χ1n) is 7.96. The van der Waals surface area contributed by atoms with Crippen LogP contribution in [0.5, 0.6) is 0 Å². The zero-order valence-corrected chi connectivity index (χ0v) is 13.8. The molecule has 27 heavy (non-hydrogen) atoms. The monoisotopic (exact) mass is 376 g/mol. The Kier molecular flexibility index (Phi) is 5.16. The number of rotatable bonds is 5. The summed E-state index contributed by atoms with van der Waals surface area (Å²) in [5.41, 5.74) is 0.235. The van der Waals surface area contributed by atoms with Gasteiger partial charge in [0.1, 0.15) is 6.61 Å². The molecule has 0 radical (unpaired) electrons. The number of halogens is 2. The molecule has 2 aromatic rings. The second-order valence-corrected chi connectivity index (χ2v) is 5.72. The van der Waals surface area contributed by atoms with E-state index in [0.29, 0.717) is 0 Å². The van der Waals surface area contributed by atoms with Crippen molar-refractivity contribution in [2.75, 3.05) is 6.61 Å². The summed E-state index contributed by atoms with van der Waals surface area (Å²) in [5, 5.41) is 0. The van der Waals surface area contributed by atoms with Gasteiger partial charge in [0.25, 0.3) is 0 Å². The van der Waals surface area contributed by atoms with Crippen molar-refractivity contribution in [2.24, 2.45) is 0 Å². The third-order valence-corrected chi connectivity index (χ3v) is 3.86. The standard InChI is InChI=1S/C19H14F2O6/c20-19(21)15(27-17(23)13-9-5-2-6-10-13)14(26-18(19)24)11-25-16(22)12-7-3-1-4-8-12/h1-10,14-15H,11H2/t14-,15-/m0/s1. The van der Waals surface area contributed by atoms with Crippen LogP contribution < -0.4 is 0 Å². The van der Waals surface area contributed by atoms with Crippen LogP contribution in [0.1, 0.15) is 20.7 Å². The molecule has 1 heterocycles. The minimum Gasteiger partial charge on any atom is -0.458 e. The van der Waals surface area contributed by atoms with Crippen LogP contribution in [0.15, 0.2) is 60.7 Å². The molecular weight excluding hydrogens is 362 g/mol. The van der Waals surface area contributed by atoms with Crippen LogP contribution in [0.3, 0.4) is 0 Å². The third-order valence-electron chi connectivity index (χ3n) is 3.86. The zero-order chi connectivity index (χ0) is 19.4. The smallest absolute Gasteiger partial charge is 0.382 e. The highest BCUT2D eigenvalue weighted by Gasteiger charge is 2.63. The first-order chi connectivity index (χ1) is 12.9. The van der Waals surface area contributed by atoms with Crippen molar-refractivity contribution in [1.82, 2.24) is 0 Å². The Morgan fingerprint density at radius 2 is 1.44 bits per heavy atom. The second-order valence-electron chi connectivity index (χ2n) is 5.72. The first-order valence-corrected chi connectivity index (χ1v) is 7.96. The molecule has 0 saturated carbocycles. The molecule has 0 aromatic heterocycles. The van der Waals surface area contributed by atoms with Gasteiger partial charge in [-0.05, 0) is 24.3 Å². The van der Waals surface area contributed by atoms with Crippen molar-refractivity contribution in [1.29, 1.82) is 0 Å². The van der Waals surface area contributed by atoms with E-state index in [1.54, 1.807) is 24.3 Å². The highest BCUT2D eigenvalue weighted by molar-refractivity contribution is 5.91. The van der Waals surface area contributed by atoms with E-state index in [4.69, 9.17) is 9.47 Å². The van der Waals surface area contributed by atoms with Gasteiger partial charge in [0, 0.05) is 0 Å². The summed E-state index contributed by atoms with van der Waals surface area (Å²) in [6, 6.07) is 15.3. The Balaban J connectivity index is 1.70. The number of ether oxygens (including phenoxy) is 3. The van der Waals surface area contributed by atoms with Crippen LogP contribution in [0.2, 0.25) is 0 Å². The van der Waals surface area contributed by atoms with E-state index in [1.165, 1.54) is 36.4 Å². The van der Waals surface area contributed by atoms with Crippen LogP contribution in [-0.2, 0) is 19.0 Å². The van der Waals surface area contributed by atoms with Crippen molar-refractivity contribution < 1.29 is 37.4 Å². The van der Waals surface area contributed by atoms with E-state index in [9.17, 15) is 23.2 Å². The maximum absolute atomic E-state index is 14.1. The second kappa shape index (κ2) is 7.53.